The van der Waals surface area contributed by atoms with Crippen LogP contribution < -0.4 is 5.32 Å². The average Bonchev–Trinajstić information content (AvgIpc) is 2.39. The van der Waals surface area contributed by atoms with Gasteiger partial charge in [-0.05, 0) is 57.1 Å². The molecule has 1 N–H and O–H groups in total. The number of hydrogen-bond donors (Lipinski definition) is 1. The second kappa shape index (κ2) is 5.83. The van der Waals surface area contributed by atoms with E-state index in [1.165, 1.54) is 18.9 Å². The quantitative estimate of drug-likeness (QED) is 0.891. The number of likely N-dealkylation sites (tertiary alicyclic amines) is 1. The molecule has 18 heavy (non-hydrogen) atoms. The number of rotatable bonds is 3. The lowest BCUT2D eigenvalue weighted by Gasteiger charge is -2.29. The fourth-order valence-corrected chi connectivity index (χ4v) is 2.25. The van der Waals surface area contributed by atoms with Crippen molar-refractivity contribution in [2.75, 3.05) is 32.0 Å². The molecule has 0 amide bonds. The zero-order chi connectivity index (χ0) is 13.0. The first-order valence-corrected chi connectivity index (χ1v) is 6.31. The van der Waals surface area contributed by atoms with Gasteiger partial charge in [0.25, 0.3) is 0 Å². The van der Waals surface area contributed by atoms with Crippen LogP contribution >= 0.6 is 0 Å². The molecule has 0 saturated carbocycles. The SMILES string of the molecule is CN1CCC(CNc2ccc(F)c(C#N)c2)CC1. The Hall–Kier alpha value is -1.60. The Morgan fingerprint density at radius 2 is 2.17 bits per heavy atom. The van der Waals surface area contributed by atoms with Gasteiger partial charge in [0.05, 0.1) is 5.56 Å². The molecule has 1 aliphatic rings. The molecule has 0 aromatic heterocycles. The van der Waals surface area contributed by atoms with Crippen molar-refractivity contribution in [1.29, 1.82) is 5.26 Å². The van der Waals surface area contributed by atoms with Gasteiger partial charge < -0.3 is 10.2 Å². The molecule has 3 nitrogen and oxygen atoms in total. The molecule has 96 valence electrons. The molecule has 2 rings (SSSR count). The Morgan fingerprint density at radius 3 is 2.83 bits per heavy atom. The third-order valence-electron chi connectivity index (χ3n) is 3.52. The van der Waals surface area contributed by atoms with E-state index in [9.17, 15) is 4.39 Å². The second-order valence-corrected chi connectivity index (χ2v) is 4.93. The highest BCUT2D eigenvalue weighted by Gasteiger charge is 2.16. The minimum absolute atomic E-state index is 0.100. The van der Waals surface area contributed by atoms with Crippen LogP contribution in [0.3, 0.4) is 0 Å². The van der Waals surface area contributed by atoms with E-state index in [4.69, 9.17) is 5.26 Å². The molecular formula is C14H18FN3. The summed E-state index contributed by atoms with van der Waals surface area (Å²) in [7, 11) is 2.14. The summed E-state index contributed by atoms with van der Waals surface area (Å²) in [5.74, 6) is 0.208. The van der Waals surface area contributed by atoms with E-state index in [1.54, 1.807) is 12.1 Å². The summed E-state index contributed by atoms with van der Waals surface area (Å²) in [6, 6.07) is 6.46. The van der Waals surface area contributed by atoms with Crippen molar-refractivity contribution in [3.8, 4) is 6.07 Å². The number of benzene rings is 1. The van der Waals surface area contributed by atoms with Crippen LogP contribution in [0.25, 0.3) is 0 Å². The van der Waals surface area contributed by atoms with Crippen molar-refractivity contribution in [2.24, 2.45) is 5.92 Å². The van der Waals surface area contributed by atoms with E-state index < -0.39 is 5.82 Å². The lowest BCUT2D eigenvalue weighted by atomic mass is 9.97. The molecule has 1 fully saturated rings. The van der Waals surface area contributed by atoms with Gasteiger partial charge in [-0.2, -0.15) is 5.26 Å². The zero-order valence-electron chi connectivity index (χ0n) is 10.6. The molecule has 1 saturated heterocycles. The molecule has 0 atom stereocenters. The molecule has 1 aliphatic heterocycles. The van der Waals surface area contributed by atoms with Crippen molar-refractivity contribution < 1.29 is 4.39 Å². The molecule has 0 radical (unpaired) electrons. The number of nitrogens with zero attached hydrogens (tertiary/aromatic N) is 2. The molecule has 0 aliphatic carbocycles. The van der Waals surface area contributed by atoms with Crippen LogP contribution in [-0.4, -0.2) is 31.6 Å². The van der Waals surface area contributed by atoms with Gasteiger partial charge in [-0.25, -0.2) is 4.39 Å². The number of piperidine rings is 1. The largest absolute Gasteiger partial charge is 0.385 e. The van der Waals surface area contributed by atoms with Crippen molar-refractivity contribution >= 4 is 5.69 Å². The maximum absolute atomic E-state index is 13.2. The highest BCUT2D eigenvalue weighted by atomic mass is 19.1. The van der Waals surface area contributed by atoms with E-state index in [-0.39, 0.29) is 5.56 Å². The third-order valence-corrected chi connectivity index (χ3v) is 3.52. The van der Waals surface area contributed by atoms with Crippen molar-refractivity contribution in [3.05, 3.63) is 29.6 Å². The van der Waals surface area contributed by atoms with Gasteiger partial charge in [0.2, 0.25) is 0 Å². The minimum atomic E-state index is -0.456. The molecule has 4 heteroatoms. The number of nitriles is 1. The lowest BCUT2D eigenvalue weighted by molar-refractivity contribution is 0.226. The maximum atomic E-state index is 13.2. The Morgan fingerprint density at radius 1 is 1.44 bits per heavy atom. The highest BCUT2D eigenvalue weighted by Crippen LogP contribution is 2.18. The van der Waals surface area contributed by atoms with E-state index in [0.717, 1.165) is 25.3 Å². The maximum Gasteiger partial charge on any atom is 0.141 e. The lowest BCUT2D eigenvalue weighted by Crippen LogP contribution is -2.32. The van der Waals surface area contributed by atoms with E-state index in [0.29, 0.717) is 5.92 Å². The van der Waals surface area contributed by atoms with E-state index in [2.05, 4.69) is 17.3 Å². The molecule has 1 aromatic carbocycles. The standard InChI is InChI=1S/C14H18FN3/c1-18-6-4-11(5-7-18)10-17-13-2-3-14(15)12(8-13)9-16/h2-3,8,11,17H,4-7,10H2,1H3. The Balaban J connectivity index is 1.89. The van der Waals surface area contributed by atoms with Gasteiger partial charge in [-0.15, -0.1) is 0 Å². The van der Waals surface area contributed by atoms with Gasteiger partial charge in [-0.1, -0.05) is 0 Å². The number of anilines is 1. The Labute approximate surface area is 107 Å². The van der Waals surface area contributed by atoms with Crippen LogP contribution in [0, 0.1) is 23.1 Å². The van der Waals surface area contributed by atoms with Gasteiger partial charge in [0.1, 0.15) is 11.9 Å². The summed E-state index contributed by atoms with van der Waals surface area (Å²) in [4.78, 5) is 2.34. The molecule has 0 unspecified atom stereocenters. The first kappa shape index (κ1) is 12.8. The predicted molar refractivity (Wildman–Crippen MR) is 69.8 cm³/mol. The normalized spacial score (nSPS) is 17.4. The van der Waals surface area contributed by atoms with Crippen LogP contribution in [0.15, 0.2) is 18.2 Å². The second-order valence-electron chi connectivity index (χ2n) is 4.93. The third kappa shape index (κ3) is 3.21. The smallest absolute Gasteiger partial charge is 0.141 e. The molecule has 1 aromatic rings. The van der Waals surface area contributed by atoms with Crippen LogP contribution in [0.4, 0.5) is 10.1 Å². The minimum Gasteiger partial charge on any atom is -0.385 e. The van der Waals surface area contributed by atoms with Crippen LogP contribution in [0.1, 0.15) is 18.4 Å². The predicted octanol–water partition coefficient (Wildman–Crippen LogP) is 2.45. The molecule has 0 bridgehead atoms. The first-order valence-electron chi connectivity index (χ1n) is 6.31. The topological polar surface area (TPSA) is 39.1 Å². The fourth-order valence-electron chi connectivity index (χ4n) is 2.25. The van der Waals surface area contributed by atoms with Gasteiger partial charge in [0, 0.05) is 12.2 Å². The van der Waals surface area contributed by atoms with Gasteiger partial charge >= 0.3 is 0 Å². The Bertz CT molecular complexity index is 445. The molecule has 0 spiro atoms. The van der Waals surface area contributed by atoms with Gasteiger partial charge in [-0.3, -0.25) is 0 Å². The summed E-state index contributed by atoms with van der Waals surface area (Å²) in [6.45, 7) is 3.17. The van der Waals surface area contributed by atoms with Crippen molar-refractivity contribution in [2.45, 2.75) is 12.8 Å². The summed E-state index contributed by atoms with van der Waals surface area (Å²) >= 11 is 0. The van der Waals surface area contributed by atoms with E-state index >= 15 is 0 Å². The van der Waals surface area contributed by atoms with Crippen LogP contribution in [0.2, 0.25) is 0 Å². The monoisotopic (exact) mass is 247 g/mol. The first-order chi connectivity index (χ1) is 8.69. The number of nitrogens with one attached hydrogen (secondary N) is 1. The summed E-state index contributed by atoms with van der Waals surface area (Å²) < 4.78 is 13.2. The zero-order valence-corrected chi connectivity index (χ0v) is 10.6. The van der Waals surface area contributed by atoms with Crippen LogP contribution in [-0.2, 0) is 0 Å². The molecular weight excluding hydrogens is 229 g/mol. The van der Waals surface area contributed by atoms with Crippen molar-refractivity contribution in [1.82, 2.24) is 4.90 Å². The fraction of sp³-hybridized carbons (Fsp3) is 0.500. The average molecular weight is 247 g/mol. The van der Waals surface area contributed by atoms with Gasteiger partial charge in [0.15, 0.2) is 0 Å². The van der Waals surface area contributed by atoms with Crippen LogP contribution in [0.5, 0.6) is 0 Å². The van der Waals surface area contributed by atoms with E-state index in [1.807, 2.05) is 6.07 Å². The van der Waals surface area contributed by atoms with Crippen molar-refractivity contribution in [3.63, 3.8) is 0 Å². The summed E-state index contributed by atoms with van der Waals surface area (Å²) in [6.07, 6.45) is 2.38. The molecule has 1 heterocycles. The Kier molecular flexibility index (Phi) is 4.16. The number of hydrogen-bond acceptors (Lipinski definition) is 3. The summed E-state index contributed by atoms with van der Waals surface area (Å²) in [5.41, 5.74) is 0.926. The summed E-state index contributed by atoms with van der Waals surface area (Å²) in [5, 5.41) is 12.1. The number of halogens is 1. The highest BCUT2D eigenvalue weighted by molar-refractivity contribution is 5.49.